The van der Waals surface area contributed by atoms with Gasteiger partial charge in [0, 0.05) is 17.4 Å². The molecule has 2 heteroatoms. The lowest BCUT2D eigenvalue weighted by molar-refractivity contribution is 0.787. The lowest BCUT2D eigenvalue weighted by Gasteiger charge is -2.13. The van der Waals surface area contributed by atoms with Crippen molar-refractivity contribution in [3.63, 3.8) is 0 Å². The number of hydrogen-bond acceptors (Lipinski definition) is 2. The molecular formula is C10H16N2. The van der Waals surface area contributed by atoms with Crippen molar-refractivity contribution in [2.45, 2.75) is 33.7 Å². The van der Waals surface area contributed by atoms with E-state index in [0.717, 1.165) is 11.4 Å². The van der Waals surface area contributed by atoms with Crippen LogP contribution in [0.15, 0.2) is 6.07 Å². The van der Waals surface area contributed by atoms with Crippen LogP contribution in [-0.2, 0) is 0 Å². The van der Waals surface area contributed by atoms with Crippen LogP contribution in [-0.4, -0.2) is 4.98 Å². The van der Waals surface area contributed by atoms with Crippen molar-refractivity contribution in [3.05, 3.63) is 28.6 Å². The molecule has 0 saturated carbocycles. The molecular weight excluding hydrogens is 148 g/mol. The van der Waals surface area contributed by atoms with Gasteiger partial charge in [-0.05, 0) is 44.9 Å². The van der Waals surface area contributed by atoms with Crippen LogP contribution in [0.5, 0.6) is 0 Å². The van der Waals surface area contributed by atoms with Gasteiger partial charge >= 0.3 is 0 Å². The minimum absolute atomic E-state index is 0.0816. The zero-order valence-corrected chi connectivity index (χ0v) is 8.18. The molecule has 12 heavy (non-hydrogen) atoms. The maximum Gasteiger partial charge on any atom is 0.0426 e. The van der Waals surface area contributed by atoms with Gasteiger partial charge in [-0.2, -0.15) is 0 Å². The second-order valence-corrected chi connectivity index (χ2v) is 3.37. The van der Waals surface area contributed by atoms with Gasteiger partial charge in [-0.3, -0.25) is 4.98 Å². The predicted octanol–water partition coefficient (Wildman–Crippen LogP) is 2.03. The zero-order valence-electron chi connectivity index (χ0n) is 8.18. The summed E-state index contributed by atoms with van der Waals surface area (Å²) in [6.07, 6.45) is 0. The third kappa shape index (κ3) is 1.64. The van der Waals surface area contributed by atoms with Gasteiger partial charge in [0.1, 0.15) is 0 Å². The van der Waals surface area contributed by atoms with Gasteiger partial charge in [-0.25, -0.2) is 0 Å². The molecule has 1 rings (SSSR count). The Balaban J connectivity index is 3.28. The summed E-state index contributed by atoms with van der Waals surface area (Å²) < 4.78 is 0. The number of hydrogen-bond donors (Lipinski definition) is 1. The quantitative estimate of drug-likeness (QED) is 0.689. The van der Waals surface area contributed by atoms with Crippen LogP contribution >= 0.6 is 0 Å². The molecule has 1 aromatic rings. The summed E-state index contributed by atoms with van der Waals surface area (Å²) in [5, 5.41) is 0. The van der Waals surface area contributed by atoms with Gasteiger partial charge in [0.25, 0.3) is 0 Å². The first-order chi connectivity index (χ1) is 5.52. The van der Waals surface area contributed by atoms with Crippen molar-refractivity contribution in [2.24, 2.45) is 5.73 Å². The molecule has 0 unspecified atom stereocenters. The molecule has 0 aromatic carbocycles. The van der Waals surface area contributed by atoms with Gasteiger partial charge in [-0.15, -0.1) is 0 Å². The smallest absolute Gasteiger partial charge is 0.0426 e. The first kappa shape index (κ1) is 9.20. The molecule has 0 saturated heterocycles. The normalized spacial score (nSPS) is 13.1. The third-order valence-corrected chi connectivity index (χ3v) is 2.04. The standard InChI is InChI=1S/C10H16N2/c1-6-5-7(2)12-9(4)10(6)8(3)11/h5,8H,11H2,1-4H3/t8-/m0/s1. The topological polar surface area (TPSA) is 38.9 Å². The molecule has 1 atom stereocenters. The van der Waals surface area contributed by atoms with E-state index in [1.54, 1.807) is 0 Å². The summed E-state index contributed by atoms with van der Waals surface area (Å²) in [6.45, 7) is 8.09. The fourth-order valence-electron chi connectivity index (χ4n) is 1.72. The van der Waals surface area contributed by atoms with Crippen LogP contribution in [0.2, 0.25) is 0 Å². The van der Waals surface area contributed by atoms with E-state index in [1.165, 1.54) is 11.1 Å². The van der Waals surface area contributed by atoms with Crippen molar-refractivity contribution in [1.29, 1.82) is 0 Å². The Labute approximate surface area is 73.8 Å². The Morgan fingerprint density at radius 1 is 1.33 bits per heavy atom. The second-order valence-electron chi connectivity index (χ2n) is 3.37. The van der Waals surface area contributed by atoms with Crippen molar-refractivity contribution in [3.8, 4) is 0 Å². The largest absolute Gasteiger partial charge is 0.324 e. The highest BCUT2D eigenvalue weighted by molar-refractivity contribution is 5.32. The number of nitrogens with zero attached hydrogens (tertiary/aromatic N) is 1. The molecule has 0 radical (unpaired) electrons. The highest BCUT2D eigenvalue weighted by Crippen LogP contribution is 2.18. The predicted molar refractivity (Wildman–Crippen MR) is 51.1 cm³/mol. The molecule has 1 heterocycles. The molecule has 1 aromatic heterocycles. The first-order valence-corrected chi connectivity index (χ1v) is 4.22. The molecule has 2 N–H and O–H groups in total. The number of aryl methyl sites for hydroxylation is 3. The average molecular weight is 164 g/mol. The fourth-order valence-corrected chi connectivity index (χ4v) is 1.72. The molecule has 0 bridgehead atoms. The van der Waals surface area contributed by atoms with Gasteiger partial charge in [0.15, 0.2) is 0 Å². The first-order valence-electron chi connectivity index (χ1n) is 4.22. The van der Waals surface area contributed by atoms with Crippen LogP contribution in [0, 0.1) is 20.8 Å². The monoisotopic (exact) mass is 164 g/mol. The lowest BCUT2D eigenvalue weighted by Crippen LogP contribution is -2.10. The molecule has 0 fully saturated rings. The molecule has 0 aliphatic rings. The average Bonchev–Trinajstić information content (AvgIpc) is 1.82. The molecule has 0 spiro atoms. The van der Waals surface area contributed by atoms with E-state index >= 15 is 0 Å². The maximum absolute atomic E-state index is 5.83. The van der Waals surface area contributed by atoms with Crippen molar-refractivity contribution in [2.75, 3.05) is 0 Å². The van der Waals surface area contributed by atoms with Crippen molar-refractivity contribution < 1.29 is 0 Å². The zero-order chi connectivity index (χ0) is 9.30. The molecule has 0 aliphatic heterocycles. The van der Waals surface area contributed by atoms with Crippen LogP contribution in [0.4, 0.5) is 0 Å². The highest BCUT2D eigenvalue weighted by Gasteiger charge is 2.08. The van der Waals surface area contributed by atoms with E-state index in [2.05, 4.69) is 18.0 Å². The molecule has 2 nitrogen and oxygen atoms in total. The fraction of sp³-hybridized carbons (Fsp3) is 0.500. The summed E-state index contributed by atoms with van der Waals surface area (Å²) in [5.74, 6) is 0. The number of rotatable bonds is 1. The van der Waals surface area contributed by atoms with E-state index in [4.69, 9.17) is 5.73 Å². The summed E-state index contributed by atoms with van der Waals surface area (Å²) in [5.41, 5.74) is 10.4. The highest BCUT2D eigenvalue weighted by atomic mass is 14.7. The van der Waals surface area contributed by atoms with Crippen LogP contribution in [0.25, 0.3) is 0 Å². The minimum Gasteiger partial charge on any atom is -0.324 e. The van der Waals surface area contributed by atoms with E-state index in [0.29, 0.717) is 0 Å². The molecule has 0 aliphatic carbocycles. The number of aromatic nitrogens is 1. The van der Waals surface area contributed by atoms with E-state index in [-0.39, 0.29) is 6.04 Å². The Bertz CT molecular complexity index is 267. The number of nitrogens with two attached hydrogens (primary N) is 1. The summed E-state index contributed by atoms with van der Waals surface area (Å²) in [4.78, 5) is 4.38. The third-order valence-electron chi connectivity index (χ3n) is 2.04. The Hall–Kier alpha value is -0.890. The Morgan fingerprint density at radius 2 is 1.92 bits per heavy atom. The molecule has 0 amide bonds. The summed E-state index contributed by atoms with van der Waals surface area (Å²) >= 11 is 0. The van der Waals surface area contributed by atoms with Gasteiger partial charge in [0.05, 0.1) is 0 Å². The Morgan fingerprint density at radius 3 is 2.33 bits per heavy atom. The second kappa shape index (κ2) is 3.23. The van der Waals surface area contributed by atoms with Gasteiger partial charge < -0.3 is 5.73 Å². The summed E-state index contributed by atoms with van der Waals surface area (Å²) in [6, 6.07) is 2.16. The van der Waals surface area contributed by atoms with E-state index in [1.807, 2.05) is 20.8 Å². The minimum atomic E-state index is 0.0816. The van der Waals surface area contributed by atoms with Gasteiger partial charge in [-0.1, -0.05) is 0 Å². The van der Waals surface area contributed by atoms with Crippen LogP contribution in [0.1, 0.15) is 35.5 Å². The Kier molecular flexibility index (Phi) is 2.48. The SMILES string of the molecule is Cc1cc(C)c([C@H](C)N)c(C)n1. The van der Waals surface area contributed by atoms with Crippen molar-refractivity contribution in [1.82, 2.24) is 4.98 Å². The van der Waals surface area contributed by atoms with Gasteiger partial charge in [0.2, 0.25) is 0 Å². The van der Waals surface area contributed by atoms with E-state index in [9.17, 15) is 0 Å². The van der Waals surface area contributed by atoms with E-state index < -0.39 is 0 Å². The molecule has 66 valence electrons. The van der Waals surface area contributed by atoms with Crippen molar-refractivity contribution >= 4 is 0 Å². The maximum atomic E-state index is 5.83. The van der Waals surface area contributed by atoms with Crippen LogP contribution in [0.3, 0.4) is 0 Å². The van der Waals surface area contributed by atoms with Crippen LogP contribution < -0.4 is 5.73 Å². The lowest BCUT2D eigenvalue weighted by atomic mass is 10.0. The number of pyridine rings is 1. The summed E-state index contributed by atoms with van der Waals surface area (Å²) in [7, 11) is 0.